The number of thiocarbonyl (C=S) groups is 1. The summed E-state index contributed by atoms with van der Waals surface area (Å²) in [7, 11) is 0. The number of anilines is 2. The summed E-state index contributed by atoms with van der Waals surface area (Å²) in [6.45, 7) is 10.9. The maximum atomic E-state index is 6.98. The van der Waals surface area contributed by atoms with Gasteiger partial charge in [-0.05, 0) is 106 Å². The van der Waals surface area contributed by atoms with Gasteiger partial charge in [-0.1, -0.05) is 42.3 Å². The molecule has 0 bridgehead atoms. The van der Waals surface area contributed by atoms with Crippen LogP contribution in [-0.2, 0) is 0 Å². The fourth-order valence-corrected chi connectivity index (χ4v) is 6.92. The topological polar surface area (TPSA) is 36.3 Å². The highest BCUT2D eigenvalue weighted by atomic mass is 35.5. The Kier molecular flexibility index (Phi) is 7.32. The third-order valence-electron chi connectivity index (χ3n) is 8.51. The van der Waals surface area contributed by atoms with E-state index in [1.165, 1.54) is 35.4 Å². The zero-order valence-electron chi connectivity index (χ0n) is 23.6. The number of aryl methyl sites for hydroxylation is 2. The molecular weight excluding hydrogens is 534 g/mol. The number of hydrogen-bond donors (Lipinski definition) is 1. The van der Waals surface area contributed by atoms with Gasteiger partial charge < -0.3 is 19.7 Å². The Morgan fingerprint density at radius 1 is 0.925 bits per heavy atom. The van der Waals surface area contributed by atoms with Gasteiger partial charge in [0.25, 0.3) is 0 Å². The highest BCUT2D eigenvalue weighted by Gasteiger charge is 2.42. The number of rotatable bonds is 5. The van der Waals surface area contributed by atoms with Gasteiger partial charge >= 0.3 is 0 Å². The normalized spacial score (nSPS) is 19.8. The molecule has 7 heteroatoms. The van der Waals surface area contributed by atoms with Gasteiger partial charge in [0.2, 0.25) is 0 Å². The molecule has 40 heavy (non-hydrogen) atoms. The van der Waals surface area contributed by atoms with Crippen molar-refractivity contribution >= 4 is 40.3 Å². The van der Waals surface area contributed by atoms with Crippen LogP contribution >= 0.6 is 23.8 Å². The van der Waals surface area contributed by atoms with Crippen LogP contribution in [0, 0.1) is 26.7 Å². The van der Waals surface area contributed by atoms with Crippen LogP contribution in [0.5, 0.6) is 0 Å². The Balaban J connectivity index is 1.43. The van der Waals surface area contributed by atoms with Crippen LogP contribution in [0.15, 0.2) is 72.9 Å². The quantitative estimate of drug-likeness (QED) is 0.247. The monoisotopic (exact) mass is 569 g/mol. The first-order chi connectivity index (χ1) is 19.3. The Morgan fingerprint density at radius 2 is 1.65 bits per heavy atom. The van der Waals surface area contributed by atoms with Crippen molar-refractivity contribution in [3.05, 3.63) is 106 Å². The summed E-state index contributed by atoms with van der Waals surface area (Å²) in [5.41, 5.74) is 9.04. The number of hydrogen-bond acceptors (Lipinski definition) is 3. The zero-order chi connectivity index (χ0) is 28.0. The predicted molar refractivity (Wildman–Crippen MR) is 170 cm³/mol. The highest BCUT2D eigenvalue weighted by molar-refractivity contribution is 7.80. The summed E-state index contributed by atoms with van der Waals surface area (Å²) in [5.74, 6) is 0.769. The fourth-order valence-electron chi connectivity index (χ4n) is 6.28. The predicted octanol–water partition coefficient (Wildman–Crippen LogP) is 7.86. The molecule has 206 valence electrons. The number of piperidine rings is 1. The van der Waals surface area contributed by atoms with E-state index in [1.54, 1.807) is 0 Å². The molecule has 4 aromatic rings. The highest BCUT2D eigenvalue weighted by Crippen LogP contribution is 2.45. The molecule has 6 rings (SSSR count). The molecule has 2 aliphatic heterocycles. The lowest BCUT2D eigenvalue weighted by molar-refractivity contribution is 0.438. The van der Waals surface area contributed by atoms with Crippen molar-refractivity contribution in [1.29, 1.82) is 0 Å². The number of nitrogens with one attached hydrogen (secondary N) is 1. The third-order valence-corrected chi connectivity index (χ3v) is 9.13. The van der Waals surface area contributed by atoms with E-state index in [-0.39, 0.29) is 12.1 Å². The molecule has 0 radical (unpaired) electrons. The van der Waals surface area contributed by atoms with E-state index in [2.05, 4.69) is 102 Å². The van der Waals surface area contributed by atoms with Crippen LogP contribution in [0.1, 0.15) is 60.1 Å². The van der Waals surface area contributed by atoms with E-state index < -0.39 is 0 Å². The Hall–Kier alpha value is -3.35. The van der Waals surface area contributed by atoms with Crippen LogP contribution in [0.2, 0.25) is 5.02 Å². The second kappa shape index (κ2) is 10.9. The second-order valence-corrected chi connectivity index (χ2v) is 12.1. The van der Waals surface area contributed by atoms with Crippen molar-refractivity contribution < 1.29 is 0 Å². The molecule has 2 saturated heterocycles. The number of nitrogens with zero attached hydrogens (tertiary/aromatic N) is 4. The average Bonchev–Trinajstić information content (AvgIpc) is 3.45. The maximum Gasteiger partial charge on any atom is 0.174 e. The van der Waals surface area contributed by atoms with Gasteiger partial charge in [-0.25, -0.2) is 0 Å². The van der Waals surface area contributed by atoms with E-state index in [0.29, 0.717) is 5.11 Å². The molecular formula is C33H36ClN5S. The zero-order valence-corrected chi connectivity index (χ0v) is 25.1. The summed E-state index contributed by atoms with van der Waals surface area (Å²) >= 11 is 13.0. The Morgan fingerprint density at radius 3 is 2.33 bits per heavy atom. The van der Waals surface area contributed by atoms with Crippen LogP contribution in [-0.4, -0.2) is 27.8 Å². The summed E-state index contributed by atoms with van der Waals surface area (Å²) in [6, 6.07) is 23.3. The molecule has 4 heterocycles. The maximum absolute atomic E-state index is 6.98. The molecule has 5 nitrogen and oxygen atoms in total. The molecule has 2 fully saturated rings. The lowest BCUT2D eigenvalue weighted by atomic mass is 9.96. The minimum Gasteiger partial charge on any atom is -0.370 e. The number of halogens is 1. The first kappa shape index (κ1) is 26.9. The SMILES string of the molecule is Cc1ccc(-n2c(C)cc([C@H]3[C@@H](c4ccccn4)NC(=S)N3c3ccc(N4CCC(C)CC4)c(Cl)c3)c2C)cc1. The van der Waals surface area contributed by atoms with E-state index in [4.69, 9.17) is 28.8 Å². The van der Waals surface area contributed by atoms with E-state index in [0.717, 1.165) is 46.8 Å². The average molecular weight is 570 g/mol. The summed E-state index contributed by atoms with van der Waals surface area (Å²) in [6.07, 6.45) is 4.24. The minimum atomic E-state index is -0.109. The molecule has 0 aliphatic carbocycles. The number of benzene rings is 2. The van der Waals surface area contributed by atoms with Gasteiger partial charge in [-0.3, -0.25) is 4.98 Å². The van der Waals surface area contributed by atoms with Crippen molar-refractivity contribution in [3.8, 4) is 5.69 Å². The number of aromatic nitrogens is 2. The molecule has 0 amide bonds. The molecule has 0 saturated carbocycles. The summed E-state index contributed by atoms with van der Waals surface area (Å²) < 4.78 is 2.33. The molecule has 2 atom stereocenters. The third kappa shape index (κ3) is 4.88. The van der Waals surface area contributed by atoms with Gasteiger partial charge in [0, 0.05) is 42.0 Å². The van der Waals surface area contributed by atoms with Gasteiger partial charge in [-0.15, -0.1) is 0 Å². The molecule has 2 aliphatic rings. The van der Waals surface area contributed by atoms with E-state index >= 15 is 0 Å². The first-order valence-electron chi connectivity index (χ1n) is 14.1. The second-order valence-electron chi connectivity index (χ2n) is 11.3. The Bertz CT molecular complexity index is 1520. The van der Waals surface area contributed by atoms with Gasteiger partial charge in [0.1, 0.15) is 0 Å². The van der Waals surface area contributed by atoms with E-state index in [1.807, 2.05) is 18.3 Å². The van der Waals surface area contributed by atoms with Crippen molar-refractivity contribution in [2.24, 2.45) is 5.92 Å². The number of pyridine rings is 1. The van der Waals surface area contributed by atoms with E-state index in [9.17, 15) is 0 Å². The lowest BCUT2D eigenvalue weighted by Crippen LogP contribution is -2.33. The standard InChI is InChI=1S/C33H36ClN5S/c1-21-8-10-25(11-9-21)38-23(3)19-27(24(38)4)32-31(29-7-5-6-16-35-29)36-33(40)39(32)26-12-13-30(28(34)20-26)37-17-14-22(2)15-18-37/h5-13,16,19-20,22,31-32H,14-15,17-18H2,1-4H3,(H,36,40)/t31-,32+/m1/s1. The Labute approximate surface area is 247 Å². The van der Waals surface area contributed by atoms with Crippen LogP contribution in [0.25, 0.3) is 5.69 Å². The van der Waals surface area contributed by atoms with Crippen LogP contribution in [0.3, 0.4) is 0 Å². The van der Waals surface area contributed by atoms with Gasteiger partial charge in [0.15, 0.2) is 5.11 Å². The van der Waals surface area contributed by atoms with Crippen LogP contribution in [0.4, 0.5) is 11.4 Å². The van der Waals surface area contributed by atoms with Gasteiger partial charge in [0.05, 0.1) is 28.5 Å². The fraction of sp³-hybridized carbons (Fsp3) is 0.333. The minimum absolute atomic E-state index is 0.0921. The van der Waals surface area contributed by atoms with Crippen molar-refractivity contribution in [3.63, 3.8) is 0 Å². The molecule has 2 aromatic carbocycles. The molecule has 0 spiro atoms. The van der Waals surface area contributed by atoms with Crippen molar-refractivity contribution in [2.75, 3.05) is 22.9 Å². The largest absolute Gasteiger partial charge is 0.370 e. The molecule has 1 N–H and O–H groups in total. The van der Waals surface area contributed by atoms with Gasteiger partial charge in [-0.2, -0.15) is 0 Å². The van der Waals surface area contributed by atoms with Crippen molar-refractivity contribution in [1.82, 2.24) is 14.9 Å². The first-order valence-corrected chi connectivity index (χ1v) is 14.9. The molecule has 0 unspecified atom stereocenters. The van der Waals surface area contributed by atoms with Crippen molar-refractivity contribution in [2.45, 2.75) is 52.6 Å². The summed E-state index contributed by atoms with van der Waals surface area (Å²) in [4.78, 5) is 9.38. The lowest BCUT2D eigenvalue weighted by Gasteiger charge is -2.33. The van der Waals surface area contributed by atoms with Crippen LogP contribution < -0.4 is 15.1 Å². The smallest absolute Gasteiger partial charge is 0.174 e. The molecule has 2 aromatic heterocycles. The summed E-state index contributed by atoms with van der Waals surface area (Å²) in [5, 5.41) is 5.05.